The maximum absolute atomic E-state index is 10.2. The zero-order chi connectivity index (χ0) is 14.3. The number of benzene rings is 1. The summed E-state index contributed by atoms with van der Waals surface area (Å²) in [7, 11) is 0. The Kier molecular flexibility index (Phi) is 3.11. The largest absolute Gasteiger partial charge is 0.388 e. The fraction of sp³-hybridized carbons (Fsp3) is 0.353. The molecule has 0 fully saturated rings. The summed E-state index contributed by atoms with van der Waals surface area (Å²) in [5.74, 6) is 0. The highest BCUT2D eigenvalue weighted by atomic mass is 16.3. The monoisotopic (exact) mass is 266 g/mol. The first-order chi connectivity index (χ1) is 9.61. The predicted octanol–water partition coefficient (Wildman–Crippen LogP) is 3.34. The Bertz CT molecular complexity index is 707. The molecule has 3 heteroatoms. The van der Waals surface area contributed by atoms with E-state index < -0.39 is 0 Å². The van der Waals surface area contributed by atoms with Gasteiger partial charge >= 0.3 is 0 Å². The van der Waals surface area contributed by atoms with E-state index in [1.54, 1.807) is 0 Å². The molecule has 1 N–H and O–H groups in total. The van der Waals surface area contributed by atoms with Gasteiger partial charge in [-0.25, -0.2) is 0 Å². The number of aliphatic hydroxyl groups is 1. The molecular weight excluding hydrogens is 248 g/mol. The summed E-state index contributed by atoms with van der Waals surface area (Å²) in [5.41, 5.74) is 6.23. The van der Waals surface area contributed by atoms with Crippen LogP contribution in [0.4, 0.5) is 0 Å². The van der Waals surface area contributed by atoms with Gasteiger partial charge in [-0.3, -0.25) is 0 Å². The second-order valence-electron chi connectivity index (χ2n) is 5.54. The molecule has 102 valence electrons. The molecule has 1 aromatic carbocycles. The van der Waals surface area contributed by atoms with E-state index >= 15 is 0 Å². The fourth-order valence-corrected chi connectivity index (χ4v) is 3.13. The smallest absolute Gasteiger partial charge is 0.0992 e. The first-order valence-corrected chi connectivity index (χ1v) is 7.02. The molecule has 0 aliphatic heterocycles. The van der Waals surface area contributed by atoms with Gasteiger partial charge in [-0.05, 0) is 56.9 Å². The molecule has 0 bridgehead atoms. The molecule has 1 aromatic heterocycles. The molecule has 0 saturated carbocycles. The lowest BCUT2D eigenvalue weighted by atomic mass is 9.95. The van der Waals surface area contributed by atoms with Crippen LogP contribution in [0.15, 0.2) is 24.3 Å². The van der Waals surface area contributed by atoms with Crippen LogP contribution in [0, 0.1) is 25.2 Å². The molecule has 1 atom stereocenters. The van der Waals surface area contributed by atoms with Gasteiger partial charge in [0.05, 0.1) is 17.7 Å². The van der Waals surface area contributed by atoms with Crippen molar-refractivity contribution in [2.24, 2.45) is 0 Å². The number of hydrogen-bond donors (Lipinski definition) is 1. The summed E-state index contributed by atoms with van der Waals surface area (Å²) < 4.78 is 2.20. The second-order valence-corrected chi connectivity index (χ2v) is 5.54. The SMILES string of the molecule is Cc1ccc(C#N)cc1-n1c(C)cc2c1CCCC2O. The molecule has 0 spiro atoms. The number of nitriles is 1. The number of aromatic nitrogens is 1. The summed E-state index contributed by atoms with van der Waals surface area (Å²) in [6.07, 6.45) is 2.48. The molecule has 1 heterocycles. The van der Waals surface area contributed by atoms with Gasteiger partial charge < -0.3 is 9.67 Å². The molecule has 20 heavy (non-hydrogen) atoms. The van der Waals surface area contributed by atoms with Gasteiger partial charge in [-0.1, -0.05) is 6.07 Å². The van der Waals surface area contributed by atoms with E-state index in [1.165, 1.54) is 5.69 Å². The number of aliphatic hydroxyl groups excluding tert-OH is 1. The third kappa shape index (κ3) is 1.93. The quantitative estimate of drug-likeness (QED) is 0.860. The molecule has 0 amide bonds. The minimum Gasteiger partial charge on any atom is -0.388 e. The average molecular weight is 266 g/mol. The average Bonchev–Trinajstić information content (AvgIpc) is 2.77. The van der Waals surface area contributed by atoms with E-state index in [0.717, 1.165) is 41.8 Å². The number of hydrogen-bond acceptors (Lipinski definition) is 2. The minimum atomic E-state index is -0.349. The number of aryl methyl sites for hydroxylation is 2. The van der Waals surface area contributed by atoms with Crippen LogP contribution in [0.5, 0.6) is 0 Å². The van der Waals surface area contributed by atoms with Crippen molar-refractivity contribution in [2.45, 2.75) is 39.2 Å². The van der Waals surface area contributed by atoms with Crippen molar-refractivity contribution in [3.63, 3.8) is 0 Å². The lowest BCUT2D eigenvalue weighted by molar-refractivity contribution is 0.156. The Labute approximate surface area is 119 Å². The van der Waals surface area contributed by atoms with Gasteiger partial charge in [-0.2, -0.15) is 5.26 Å². The van der Waals surface area contributed by atoms with Crippen LogP contribution in [0.1, 0.15) is 47.0 Å². The molecule has 0 saturated heterocycles. The third-order valence-electron chi connectivity index (χ3n) is 4.15. The Morgan fingerprint density at radius 2 is 2.10 bits per heavy atom. The maximum atomic E-state index is 10.2. The van der Waals surface area contributed by atoms with Crippen molar-refractivity contribution in [2.75, 3.05) is 0 Å². The minimum absolute atomic E-state index is 0.349. The van der Waals surface area contributed by atoms with Crippen molar-refractivity contribution in [1.82, 2.24) is 4.57 Å². The zero-order valence-electron chi connectivity index (χ0n) is 11.8. The van der Waals surface area contributed by atoms with E-state index in [-0.39, 0.29) is 6.10 Å². The normalized spacial score (nSPS) is 17.6. The molecule has 0 radical (unpaired) electrons. The molecule has 1 aliphatic rings. The summed E-state index contributed by atoms with van der Waals surface area (Å²) in [6.45, 7) is 4.12. The Balaban J connectivity index is 2.23. The van der Waals surface area contributed by atoms with E-state index in [2.05, 4.69) is 30.6 Å². The molecule has 3 rings (SSSR count). The first kappa shape index (κ1) is 13.0. The molecule has 3 nitrogen and oxygen atoms in total. The van der Waals surface area contributed by atoms with Crippen LogP contribution < -0.4 is 0 Å². The number of rotatable bonds is 1. The van der Waals surface area contributed by atoms with E-state index in [1.807, 2.05) is 18.2 Å². The molecular formula is C17H18N2O. The Hall–Kier alpha value is -2.05. The van der Waals surface area contributed by atoms with Crippen LogP contribution in [0.3, 0.4) is 0 Å². The zero-order valence-corrected chi connectivity index (χ0v) is 11.8. The lowest BCUT2D eigenvalue weighted by Gasteiger charge is -2.21. The van der Waals surface area contributed by atoms with Crippen LogP contribution in [0.2, 0.25) is 0 Å². The number of nitrogens with zero attached hydrogens (tertiary/aromatic N) is 2. The lowest BCUT2D eigenvalue weighted by Crippen LogP contribution is -2.12. The molecule has 2 aromatic rings. The second kappa shape index (κ2) is 4.81. The number of fused-ring (bicyclic) bond motifs is 1. The molecule has 1 aliphatic carbocycles. The molecule has 1 unspecified atom stereocenters. The van der Waals surface area contributed by atoms with Gasteiger partial charge in [0.15, 0.2) is 0 Å². The van der Waals surface area contributed by atoms with Gasteiger partial charge in [0.2, 0.25) is 0 Å². The standard InChI is InChI=1S/C17H18N2O/c1-11-6-7-13(10-18)9-16(11)19-12(2)8-14-15(19)4-3-5-17(14)20/h6-9,17,20H,3-5H2,1-2H3. The van der Waals surface area contributed by atoms with Crippen molar-refractivity contribution in [1.29, 1.82) is 5.26 Å². The summed E-state index contributed by atoms with van der Waals surface area (Å²) in [6, 6.07) is 10.0. The predicted molar refractivity (Wildman–Crippen MR) is 77.9 cm³/mol. The van der Waals surface area contributed by atoms with E-state index in [4.69, 9.17) is 5.26 Å². The Morgan fingerprint density at radius 1 is 1.30 bits per heavy atom. The van der Waals surface area contributed by atoms with Gasteiger partial charge in [-0.15, -0.1) is 0 Å². The van der Waals surface area contributed by atoms with E-state index in [9.17, 15) is 5.11 Å². The highest BCUT2D eigenvalue weighted by Crippen LogP contribution is 2.34. The van der Waals surface area contributed by atoms with Gasteiger partial charge in [0.25, 0.3) is 0 Å². The summed E-state index contributed by atoms with van der Waals surface area (Å²) in [5, 5.41) is 19.3. The fourth-order valence-electron chi connectivity index (χ4n) is 3.13. The van der Waals surface area contributed by atoms with Crippen LogP contribution in [-0.4, -0.2) is 9.67 Å². The van der Waals surface area contributed by atoms with E-state index in [0.29, 0.717) is 5.56 Å². The summed E-state index contributed by atoms with van der Waals surface area (Å²) in [4.78, 5) is 0. The topological polar surface area (TPSA) is 49.0 Å². The third-order valence-corrected chi connectivity index (χ3v) is 4.15. The van der Waals surface area contributed by atoms with Gasteiger partial charge in [0, 0.05) is 22.6 Å². The van der Waals surface area contributed by atoms with Crippen LogP contribution in [0.25, 0.3) is 5.69 Å². The van der Waals surface area contributed by atoms with Crippen molar-refractivity contribution >= 4 is 0 Å². The Morgan fingerprint density at radius 3 is 2.85 bits per heavy atom. The van der Waals surface area contributed by atoms with Crippen molar-refractivity contribution < 1.29 is 5.11 Å². The van der Waals surface area contributed by atoms with Crippen LogP contribution in [-0.2, 0) is 6.42 Å². The van der Waals surface area contributed by atoms with Crippen molar-refractivity contribution in [3.8, 4) is 11.8 Å². The highest BCUT2D eigenvalue weighted by molar-refractivity contribution is 5.51. The first-order valence-electron chi connectivity index (χ1n) is 7.02. The maximum Gasteiger partial charge on any atom is 0.0992 e. The van der Waals surface area contributed by atoms with Crippen LogP contribution >= 0.6 is 0 Å². The van der Waals surface area contributed by atoms with Gasteiger partial charge in [0.1, 0.15) is 0 Å². The van der Waals surface area contributed by atoms with Crippen molar-refractivity contribution in [3.05, 3.63) is 52.3 Å². The highest BCUT2D eigenvalue weighted by Gasteiger charge is 2.24. The summed E-state index contributed by atoms with van der Waals surface area (Å²) >= 11 is 0.